The summed E-state index contributed by atoms with van der Waals surface area (Å²) in [6.45, 7) is 1.84. The minimum Gasteiger partial charge on any atom is -0.459 e. The van der Waals surface area contributed by atoms with Gasteiger partial charge in [-0.2, -0.15) is 4.37 Å². The van der Waals surface area contributed by atoms with Gasteiger partial charge in [-0.25, -0.2) is 4.79 Å². The molecule has 1 N–H and O–H groups in total. The van der Waals surface area contributed by atoms with Crippen LogP contribution in [0.2, 0.25) is 0 Å². The summed E-state index contributed by atoms with van der Waals surface area (Å²) in [6.07, 6.45) is 5.68. The summed E-state index contributed by atoms with van der Waals surface area (Å²) in [4.78, 5) is 12.1. The lowest BCUT2D eigenvalue weighted by atomic mass is 9.98. The highest BCUT2D eigenvalue weighted by atomic mass is 32.1. The van der Waals surface area contributed by atoms with E-state index in [-0.39, 0.29) is 12.1 Å². The number of hydrogen-bond acceptors (Lipinski definition) is 5. The fourth-order valence-electron chi connectivity index (χ4n) is 2.17. The summed E-state index contributed by atoms with van der Waals surface area (Å²) >= 11 is 1.30. The van der Waals surface area contributed by atoms with Gasteiger partial charge in [-0.15, -0.1) is 0 Å². The molecule has 0 unspecified atom stereocenters. The number of carbonyl (C=O) groups excluding carboxylic acids is 1. The van der Waals surface area contributed by atoms with Crippen LogP contribution in [0.25, 0.3) is 0 Å². The zero-order valence-corrected chi connectivity index (χ0v) is 11.1. The Morgan fingerprint density at radius 2 is 2.12 bits per heavy atom. The van der Waals surface area contributed by atoms with Crippen LogP contribution in [0, 0.1) is 6.92 Å². The number of aromatic nitrogens is 1. The Morgan fingerprint density at radius 3 is 2.76 bits per heavy atom. The predicted octanol–water partition coefficient (Wildman–Crippen LogP) is 2.98. The molecule has 0 spiro atoms. The van der Waals surface area contributed by atoms with Crippen molar-refractivity contribution in [3.05, 3.63) is 11.3 Å². The average Bonchev–Trinajstić information content (AvgIpc) is 2.71. The Labute approximate surface area is 106 Å². The molecular formula is C12H18N2O2S. The SMILES string of the molecule is CNc1snc(C)c1C(=O)OC1CCCCC1. The van der Waals surface area contributed by atoms with Gasteiger partial charge in [0.1, 0.15) is 16.7 Å². The van der Waals surface area contributed by atoms with Crippen LogP contribution < -0.4 is 5.32 Å². The quantitative estimate of drug-likeness (QED) is 0.842. The van der Waals surface area contributed by atoms with Crippen LogP contribution in [0.1, 0.15) is 48.2 Å². The second kappa shape index (κ2) is 5.49. The number of nitrogens with zero attached hydrogens (tertiary/aromatic N) is 1. The molecule has 1 aliphatic carbocycles. The standard InChI is InChI=1S/C12H18N2O2S/c1-8-10(11(13-2)17-14-8)12(15)16-9-6-4-3-5-7-9/h9,13H,3-7H2,1-2H3. The van der Waals surface area contributed by atoms with Gasteiger partial charge >= 0.3 is 5.97 Å². The molecule has 0 radical (unpaired) electrons. The lowest BCUT2D eigenvalue weighted by molar-refractivity contribution is 0.0212. The Balaban J connectivity index is 2.05. The molecule has 1 aromatic rings. The van der Waals surface area contributed by atoms with Gasteiger partial charge in [-0.1, -0.05) is 6.42 Å². The molecular weight excluding hydrogens is 236 g/mol. The summed E-state index contributed by atoms with van der Waals surface area (Å²) in [6, 6.07) is 0. The van der Waals surface area contributed by atoms with E-state index in [9.17, 15) is 4.79 Å². The van der Waals surface area contributed by atoms with E-state index < -0.39 is 0 Å². The number of aryl methyl sites for hydroxylation is 1. The van der Waals surface area contributed by atoms with E-state index in [2.05, 4.69) is 9.69 Å². The molecule has 1 heterocycles. The molecule has 0 saturated heterocycles. The van der Waals surface area contributed by atoms with Crippen LogP contribution in [0.15, 0.2) is 0 Å². The fraction of sp³-hybridized carbons (Fsp3) is 0.667. The van der Waals surface area contributed by atoms with E-state index in [1.54, 1.807) is 7.05 Å². The first-order valence-corrected chi connectivity index (χ1v) is 6.84. The van der Waals surface area contributed by atoms with Crippen LogP contribution in [0.3, 0.4) is 0 Å². The summed E-state index contributed by atoms with van der Waals surface area (Å²) in [5.74, 6) is -0.229. The van der Waals surface area contributed by atoms with E-state index in [0.29, 0.717) is 5.56 Å². The third kappa shape index (κ3) is 2.77. The maximum atomic E-state index is 12.1. The maximum absolute atomic E-state index is 12.1. The zero-order valence-electron chi connectivity index (χ0n) is 10.3. The van der Waals surface area contributed by atoms with Crippen molar-refractivity contribution in [2.45, 2.75) is 45.1 Å². The number of anilines is 1. The van der Waals surface area contributed by atoms with Crippen molar-refractivity contribution >= 4 is 22.5 Å². The summed E-state index contributed by atoms with van der Waals surface area (Å²) in [7, 11) is 1.80. The van der Waals surface area contributed by atoms with E-state index in [1.165, 1.54) is 18.0 Å². The first kappa shape index (κ1) is 12.4. The predicted molar refractivity (Wildman–Crippen MR) is 68.7 cm³/mol. The summed E-state index contributed by atoms with van der Waals surface area (Å²) in [5.41, 5.74) is 1.35. The third-order valence-corrected chi connectivity index (χ3v) is 4.08. The van der Waals surface area contributed by atoms with Crippen LogP contribution in [0.4, 0.5) is 5.00 Å². The summed E-state index contributed by atoms with van der Waals surface area (Å²) in [5, 5.41) is 3.78. The highest BCUT2D eigenvalue weighted by Crippen LogP contribution is 2.27. The van der Waals surface area contributed by atoms with Crippen LogP contribution >= 0.6 is 11.5 Å². The number of carbonyl (C=O) groups is 1. The molecule has 0 aromatic carbocycles. The number of hydrogen-bond donors (Lipinski definition) is 1. The highest BCUT2D eigenvalue weighted by molar-refractivity contribution is 7.10. The van der Waals surface area contributed by atoms with E-state index in [1.807, 2.05) is 6.92 Å². The first-order chi connectivity index (χ1) is 8.22. The van der Waals surface area contributed by atoms with Gasteiger partial charge in [0.25, 0.3) is 0 Å². The minimum atomic E-state index is -0.229. The minimum absolute atomic E-state index is 0.0975. The van der Waals surface area contributed by atoms with Crippen molar-refractivity contribution in [2.75, 3.05) is 12.4 Å². The van der Waals surface area contributed by atoms with Crippen molar-refractivity contribution in [3.8, 4) is 0 Å². The lowest BCUT2D eigenvalue weighted by Crippen LogP contribution is -2.21. The largest absolute Gasteiger partial charge is 0.459 e. The number of ether oxygens (including phenoxy) is 1. The Hall–Kier alpha value is -1.10. The first-order valence-electron chi connectivity index (χ1n) is 6.07. The molecule has 1 aliphatic rings. The molecule has 4 nitrogen and oxygen atoms in total. The van der Waals surface area contributed by atoms with Crippen molar-refractivity contribution in [1.82, 2.24) is 4.37 Å². The topological polar surface area (TPSA) is 51.2 Å². The Morgan fingerprint density at radius 1 is 1.41 bits per heavy atom. The van der Waals surface area contributed by atoms with Gasteiger partial charge in [0.2, 0.25) is 0 Å². The van der Waals surface area contributed by atoms with E-state index >= 15 is 0 Å². The van der Waals surface area contributed by atoms with Gasteiger partial charge in [0.15, 0.2) is 0 Å². The van der Waals surface area contributed by atoms with Crippen LogP contribution in [0.5, 0.6) is 0 Å². The second-order valence-corrected chi connectivity index (χ2v) is 5.16. The highest BCUT2D eigenvalue weighted by Gasteiger charge is 2.23. The smallest absolute Gasteiger partial charge is 0.343 e. The number of nitrogens with one attached hydrogen (secondary N) is 1. The molecule has 1 fully saturated rings. The van der Waals surface area contributed by atoms with Gasteiger partial charge < -0.3 is 10.1 Å². The average molecular weight is 254 g/mol. The van der Waals surface area contributed by atoms with Crippen LogP contribution in [-0.4, -0.2) is 23.5 Å². The van der Waals surface area contributed by atoms with Gasteiger partial charge in [0, 0.05) is 7.05 Å². The molecule has 1 aromatic heterocycles. The Bertz CT molecular complexity index is 397. The zero-order chi connectivity index (χ0) is 12.3. The maximum Gasteiger partial charge on any atom is 0.343 e. The lowest BCUT2D eigenvalue weighted by Gasteiger charge is -2.21. The molecule has 0 aliphatic heterocycles. The van der Waals surface area contributed by atoms with E-state index in [4.69, 9.17) is 4.74 Å². The normalized spacial score (nSPS) is 16.8. The second-order valence-electron chi connectivity index (χ2n) is 4.39. The molecule has 1 saturated carbocycles. The number of rotatable bonds is 3. The molecule has 0 amide bonds. The van der Waals surface area contributed by atoms with Gasteiger partial charge in [-0.05, 0) is 44.1 Å². The third-order valence-electron chi connectivity index (χ3n) is 3.12. The van der Waals surface area contributed by atoms with Gasteiger partial charge in [-0.3, -0.25) is 0 Å². The molecule has 5 heteroatoms. The van der Waals surface area contributed by atoms with Crippen molar-refractivity contribution < 1.29 is 9.53 Å². The molecule has 0 atom stereocenters. The fourth-order valence-corrected chi connectivity index (χ4v) is 2.91. The van der Waals surface area contributed by atoms with E-state index in [0.717, 1.165) is 36.4 Å². The molecule has 0 bridgehead atoms. The molecule has 94 valence electrons. The van der Waals surface area contributed by atoms with Crippen molar-refractivity contribution in [1.29, 1.82) is 0 Å². The van der Waals surface area contributed by atoms with Crippen LogP contribution in [-0.2, 0) is 4.74 Å². The monoisotopic (exact) mass is 254 g/mol. The molecule has 2 rings (SSSR count). The van der Waals surface area contributed by atoms with Gasteiger partial charge in [0.05, 0.1) is 5.69 Å². The number of esters is 1. The Kier molecular flexibility index (Phi) is 3.99. The van der Waals surface area contributed by atoms with Crippen molar-refractivity contribution in [3.63, 3.8) is 0 Å². The summed E-state index contributed by atoms with van der Waals surface area (Å²) < 4.78 is 9.73. The molecule has 17 heavy (non-hydrogen) atoms. The van der Waals surface area contributed by atoms with Crippen molar-refractivity contribution in [2.24, 2.45) is 0 Å².